The van der Waals surface area contributed by atoms with Crippen molar-refractivity contribution in [3.8, 4) is 5.75 Å². The van der Waals surface area contributed by atoms with Crippen molar-refractivity contribution in [2.24, 2.45) is 0 Å². The average molecular weight is 520 g/mol. The average Bonchev–Trinajstić information content (AvgIpc) is 3.17. The topological polar surface area (TPSA) is 83.8 Å². The molecular formula is C26H34NO6PS. The van der Waals surface area contributed by atoms with Crippen LogP contribution in [0.3, 0.4) is 0 Å². The highest BCUT2D eigenvalue weighted by Gasteiger charge is 2.28. The third-order valence-electron chi connectivity index (χ3n) is 5.53. The van der Waals surface area contributed by atoms with Gasteiger partial charge in [-0.25, -0.2) is 12.4 Å². The molecule has 0 radical (unpaired) electrons. The van der Waals surface area contributed by atoms with Crippen molar-refractivity contribution in [2.75, 3.05) is 20.3 Å². The summed E-state index contributed by atoms with van der Waals surface area (Å²) in [6.45, 7) is 9.89. The zero-order chi connectivity index (χ0) is 25.8. The predicted molar refractivity (Wildman–Crippen MR) is 140 cm³/mol. The van der Waals surface area contributed by atoms with Crippen LogP contribution < -0.4 is 4.74 Å². The molecule has 0 aliphatic carbocycles. The molecule has 0 fully saturated rings. The Morgan fingerprint density at radius 2 is 1.69 bits per heavy atom. The Hall–Kier alpha value is -2.38. The molecule has 1 aromatic heterocycles. The Morgan fingerprint density at radius 3 is 2.23 bits per heavy atom. The molecule has 190 valence electrons. The fraction of sp³-hybridized carbons (Fsp3) is 0.385. The molecule has 0 bridgehead atoms. The number of hydrogen-bond acceptors (Lipinski definition) is 6. The van der Waals surface area contributed by atoms with Gasteiger partial charge in [-0.3, -0.25) is 4.57 Å². The van der Waals surface area contributed by atoms with Gasteiger partial charge in [-0.15, -0.1) is 0 Å². The normalized spacial score (nSPS) is 12.2. The molecule has 1 heterocycles. The Labute approximate surface area is 208 Å². The third kappa shape index (κ3) is 6.07. The first-order valence-corrected chi connectivity index (χ1v) is 14.8. The molecule has 0 amide bonds. The number of hydrogen-bond donors (Lipinski definition) is 0. The fourth-order valence-electron chi connectivity index (χ4n) is 3.92. The summed E-state index contributed by atoms with van der Waals surface area (Å²) in [4.78, 5) is 0.187. The van der Waals surface area contributed by atoms with Crippen LogP contribution in [0, 0.1) is 6.92 Å². The van der Waals surface area contributed by atoms with Crippen LogP contribution in [-0.2, 0) is 36.2 Å². The van der Waals surface area contributed by atoms with Crippen LogP contribution >= 0.6 is 7.60 Å². The second kappa shape index (κ2) is 11.1. The fourth-order valence-corrected chi connectivity index (χ4v) is 6.97. The van der Waals surface area contributed by atoms with Gasteiger partial charge in [0.2, 0.25) is 0 Å². The predicted octanol–water partition coefficient (Wildman–Crippen LogP) is 6.47. The first-order valence-electron chi connectivity index (χ1n) is 11.6. The highest BCUT2D eigenvalue weighted by molar-refractivity contribution is 7.90. The molecule has 3 rings (SSSR count). The van der Waals surface area contributed by atoms with Crippen LogP contribution in [0.5, 0.6) is 5.75 Å². The summed E-state index contributed by atoms with van der Waals surface area (Å²) in [7, 11) is -5.77. The molecule has 0 unspecified atom stereocenters. The lowest BCUT2D eigenvalue weighted by atomic mass is 10.1. The van der Waals surface area contributed by atoms with E-state index in [0.29, 0.717) is 28.6 Å². The maximum Gasteiger partial charge on any atom is 0.335 e. The number of aromatic nitrogens is 1. The quantitative estimate of drug-likeness (QED) is 0.213. The maximum atomic E-state index is 13.7. The monoisotopic (exact) mass is 519 g/mol. The van der Waals surface area contributed by atoms with Crippen LogP contribution in [0.15, 0.2) is 59.1 Å². The molecule has 35 heavy (non-hydrogen) atoms. The van der Waals surface area contributed by atoms with Crippen LogP contribution in [0.25, 0.3) is 10.9 Å². The van der Waals surface area contributed by atoms with E-state index in [0.717, 1.165) is 16.7 Å². The summed E-state index contributed by atoms with van der Waals surface area (Å²) in [5.41, 5.74) is 3.97. The van der Waals surface area contributed by atoms with Crippen LogP contribution in [0.2, 0.25) is 0 Å². The highest BCUT2D eigenvalue weighted by atomic mass is 32.2. The van der Waals surface area contributed by atoms with E-state index < -0.39 is 17.6 Å². The summed E-state index contributed by atoms with van der Waals surface area (Å²) >= 11 is 0. The van der Waals surface area contributed by atoms with Crippen molar-refractivity contribution >= 4 is 28.5 Å². The zero-order valence-corrected chi connectivity index (χ0v) is 22.9. The third-order valence-corrected chi connectivity index (χ3v) is 9.27. The SMILES string of the molecule is CCOP(=O)(Cc1cc(OC)c2c(CC=C(C)C)cn(S(=O)(=O)c3ccc(C)cc3)c2c1)OCC. The molecule has 0 aliphatic rings. The van der Waals surface area contributed by atoms with Crippen molar-refractivity contribution in [1.82, 2.24) is 3.97 Å². The van der Waals surface area contributed by atoms with Crippen LogP contribution in [-0.4, -0.2) is 32.7 Å². The largest absolute Gasteiger partial charge is 0.496 e. The summed E-state index contributed by atoms with van der Waals surface area (Å²) in [5.74, 6) is 0.507. The molecule has 0 aliphatic heterocycles. The number of fused-ring (bicyclic) bond motifs is 1. The highest BCUT2D eigenvalue weighted by Crippen LogP contribution is 2.52. The number of allylic oxidation sites excluding steroid dienone is 2. The molecule has 7 nitrogen and oxygen atoms in total. The first-order chi connectivity index (χ1) is 16.5. The molecule has 2 aromatic carbocycles. The van der Waals surface area contributed by atoms with Gasteiger partial charge in [-0.05, 0) is 76.4 Å². The second-order valence-corrected chi connectivity index (χ2v) is 12.4. The minimum atomic E-state index is -3.90. The van der Waals surface area contributed by atoms with E-state index in [4.69, 9.17) is 13.8 Å². The lowest BCUT2D eigenvalue weighted by Gasteiger charge is -2.18. The minimum absolute atomic E-state index is 0.0000432. The number of methoxy groups -OCH3 is 1. The zero-order valence-electron chi connectivity index (χ0n) is 21.2. The summed E-state index contributed by atoms with van der Waals surface area (Å²) in [6, 6.07) is 10.3. The number of aryl methyl sites for hydroxylation is 1. The molecule has 3 aromatic rings. The second-order valence-electron chi connectivity index (χ2n) is 8.55. The van der Waals surface area contributed by atoms with E-state index in [2.05, 4.69) is 0 Å². The van der Waals surface area contributed by atoms with Gasteiger partial charge >= 0.3 is 7.60 Å². The number of benzene rings is 2. The van der Waals surface area contributed by atoms with E-state index in [1.54, 1.807) is 63.6 Å². The van der Waals surface area contributed by atoms with Gasteiger partial charge in [-0.2, -0.15) is 0 Å². The van der Waals surface area contributed by atoms with E-state index in [9.17, 15) is 13.0 Å². The Kier molecular flexibility index (Phi) is 8.65. The Bertz CT molecular complexity index is 1360. The van der Waals surface area contributed by atoms with Gasteiger partial charge in [0.05, 0.1) is 36.9 Å². The van der Waals surface area contributed by atoms with E-state index in [-0.39, 0.29) is 24.3 Å². The minimum Gasteiger partial charge on any atom is -0.496 e. The molecule has 9 heteroatoms. The van der Waals surface area contributed by atoms with Gasteiger partial charge in [0, 0.05) is 11.6 Å². The summed E-state index contributed by atoms with van der Waals surface area (Å²) in [5, 5.41) is 0.701. The van der Waals surface area contributed by atoms with Crippen molar-refractivity contribution in [2.45, 2.75) is 52.1 Å². The van der Waals surface area contributed by atoms with Crippen LogP contribution in [0.4, 0.5) is 0 Å². The summed E-state index contributed by atoms with van der Waals surface area (Å²) < 4.78 is 58.6. The van der Waals surface area contributed by atoms with Crippen molar-refractivity contribution < 1.29 is 26.8 Å². The molecule has 0 spiro atoms. The molecule has 0 atom stereocenters. The van der Waals surface area contributed by atoms with Crippen molar-refractivity contribution in [3.05, 3.63) is 70.9 Å². The lowest BCUT2D eigenvalue weighted by Crippen LogP contribution is -2.12. The number of ether oxygens (including phenoxy) is 1. The van der Waals surface area contributed by atoms with Crippen molar-refractivity contribution in [1.29, 1.82) is 0 Å². The maximum absolute atomic E-state index is 13.7. The Morgan fingerprint density at radius 1 is 1.06 bits per heavy atom. The number of nitrogens with zero attached hydrogens (tertiary/aromatic N) is 1. The van der Waals surface area contributed by atoms with Crippen molar-refractivity contribution in [3.63, 3.8) is 0 Å². The van der Waals surface area contributed by atoms with Gasteiger partial charge < -0.3 is 13.8 Å². The molecular weight excluding hydrogens is 485 g/mol. The smallest absolute Gasteiger partial charge is 0.335 e. The van der Waals surface area contributed by atoms with Gasteiger partial charge in [0.15, 0.2) is 0 Å². The molecule has 0 saturated heterocycles. The van der Waals surface area contributed by atoms with Crippen LogP contribution in [0.1, 0.15) is 44.4 Å². The van der Waals surface area contributed by atoms with E-state index >= 15 is 0 Å². The van der Waals surface area contributed by atoms with Gasteiger partial charge in [0.25, 0.3) is 10.0 Å². The Balaban J connectivity index is 2.28. The molecule has 0 saturated carbocycles. The first kappa shape index (κ1) is 27.2. The molecule has 0 N–H and O–H groups in total. The summed E-state index contributed by atoms with van der Waals surface area (Å²) in [6.07, 6.45) is 4.24. The van der Waals surface area contributed by atoms with E-state index in [1.165, 1.54) is 3.97 Å². The standard InChI is InChI=1S/C26H34NO6PS/c1-7-32-34(28,33-8-2)18-21-15-24-26(25(16-21)31-6)22(12-9-19(3)4)17-27(24)35(29,30)23-13-10-20(5)11-14-23/h9-11,13-17H,7-8,12,18H2,1-6H3. The number of rotatable bonds is 11. The van der Waals surface area contributed by atoms with Gasteiger partial charge in [-0.1, -0.05) is 29.3 Å². The lowest BCUT2D eigenvalue weighted by molar-refractivity contribution is 0.219. The van der Waals surface area contributed by atoms with Gasteiger partial charge in [0.1, 0.15) is 5.75 Å². The van der Waals surface area contributed by atoms with E-state index in [1.807, 2.05) is 26.8 Å².